The Balaban J connectivity index is 1.40. The van der Waals surface area contributed by atoms with Crippen molar-refractivity contribution in [2.24, 2.45) is 5.92 Å². The lowest BCUT2D eigenvalue weighted by molar-refractivity contribution is -0.137. The minimum atomic E-state index is -4.37. The van der Waals surface area contributed by atoms with Gasteiger partial charge in [0.2, 0.25) is 5.91 Å². The smallest absolute Gasteiger partial charge is 0.326 e. The quantitative estimate of drug-likeness (QED) is 0.780. The molecule has 1 atom stereocenters. The molecular formula is C19H24F3N5O. The maximum absolute atomic E-state index is 12.6. The Morgan fingerprint density at radius 1 is 1.14 bits per heavy atom. The average Bonchev–Trinajstić information content (AvgIpc) is 3.18. The van der Waals surface area contributed by atoms with Crippen LogP contribution in [-0.4, -0.2) is 45.2 Å². The molecule has 3 rings (SSSR count). The summed E-state index contributed by atoms with van der Waals surface area (Å²) < 4.78 is 39.7. The molecule has 0 bridgehead atoms. The summed E-state index contributed by atoms with van der Waals surface area (Å²) in [5.74, 6) is 0.286. The highest BCUT2D eigenvalue weighted by Crippen LogP contribution is 2.30. The van der Waals surface area contributed by atoms with Crippen LogP contribution in [0.25, 0.3) is 0 Å². The predicted molar refractivity (Wildman–Crippen MR) is 98.5 cm³/mol. The van der Waals surface area contributed by atoms with Gasteiger partial charge in [-0.15, -0.1) is 10.2 Å². The van der Waals surface area contributed by atoms with E-state index in [0.717, 1.165) is 57.6 Å². The fourth-order valence-corrected chi connectivity index (χ4v) is 3.49. The van der Waals surface area contributed by atoms with Crippen LogP contribution >= 0.6 is 0 Å². The summed E-state index contributed by atoms with van der Waals surface area (Å²) >= 11 is 0. The lowest BCUT2D eigenvalue weighted by Crippen LogP contribution is -2.37. The molecule has 1 aliphatic heterocycles. The number of aromatic nitrogens is 3. The molecule has 0 aliphatic carbocycles. The van der Waals surface area contributed by atoms with E-state index in [1.807, 2.05) is 4.57 Å². The molecule has 152 valence electrons. The maximum atomic E-state index is 12.6. The topological polar surface area (TPSA) is 63.1 Å². The van der Waals surface area contributed by atoms with Crippen molar-refractivity contribution in [1.82, 2.24) is 19.7 Å². The van der Waals surface area contributed by atoms with Crippen molar-refractivity contribution in [3.8, 4) is 0 Å². The number of carbonyl (C=O) groups excluding carboxylic acids is 1. The third kappa shape index (κ3) is 6.05. The van der Waals surface area contributed by atoms with Gasteiger partial charge in [-0.2, -0.15) is 13.2 Å². The summed E-state index contributed by atoms with van der Waals surface area (Å²) in [4.78, 5) is 14.5. The van der Waals surface area contributed by atoms with Gasteiger partial charge in [-0.05, 0) is 56.0 Å². The first-order valence-electron chi connectivity index (χ1n) is 9.42. The van der Waals surface area contributed by atoms with Gasteiger partial charge in [-0.25, -0.2) is 0 Å². The van der Waals surface area contributed by atoms with Crippen molar-refractivity contribution in [2.75, 3.05) is 25.0 Å². The van der Waals surface area contributed by atoms with Crippen LogP contribution in [0.1, 0.15) is 31.2 Å². The molecule has 1 aromatic heterocycles. The van der Waals surface area contributed by atoms with Gasteiger partial charge in [0.1, 0.15) is 12.7 Å². The molecule has 1 N–H and O–H groups in total. The molecular weight excluding hydrogens is 371 g/mol. The van der Waals surface area contributed by atoms with Crippen molar-refractivity contribution >= 4 is 11.6 Å². The summed E-state index contributed by atoms with van der Waals surface area (Å²) in [6, 6.07) is 4.52. The van der Waals surface area contributed by atoms with Gasteiger partial charge in [0.15, 0.2) is 0 Å². The molecule has 1 unspecified atom stereocenters. The molecule has 6 nitrogen and oxygen atoms in total. The number of nitrogens with zero attached hydrogens (tertiary/aromatic N) is 4. The Hall–Kier alpha value is -2.42. The van der Waals surface area contributed by atoms with Crippen LogP contribution < -0.4 is 5.32 Å². The van der Waals surface area contributed by atoms with Gasteiger partial charge in [0.25, 0.3) is 0 Å². The molecule has 1 fully saturated rings. The molecule has 1 aromatic carbocycles. The monoisotopic (exact) mass is 395 g/mol. The first-order valence-corrected chi connectivity index (χ1v) is 9.42. The standard InChI is InChI=1S/C19H24F3N5O/c20-19(21,22)16-4-6-17(7-5-16)25-18(28)8-3-15-2-1-9-26(12-15)10-11-27-13-23-24-14-27/h4-7,13-15H,1-3,8-12H2,(H,25,28). The number of rotatable bonds is 7. The Morgan fingerprint density at radius 2 is 1.86 bits per heavy atom. The third-order valence-electron chi connectivity index (χ3n) is 5.02. The zero-order chi connectivity index (χ0) is 20.0. The lowest BCUT2D eigenvalue weighted by Gasteiger charge is -2.32. The second-order valence-electron chi connectivity index (χ2n) is 7.17. The van der Waals surface area contributed by atoms with Crippen LogP contribution in [0.5, 0.6) is 0 Å². The zero-order valence-corrected chi connectivity index (χ0v) is 15.5. The molecule has 9 heteroatoms. The van der Waals surface area contributed by atoms with Crippen molar-refractivity contribution in [3.63, 3.8) is 0 Å². The highest BCUT2D eigenvalue weighted by molar-refractivity contribution is 5.90. The number of anilines is 1. The minimum absolute atomic E-state index is 0.165. The van der Waals surface area contributed by atoms with Crippen LogP contribution in [0, 0.1) is 5.92 Å². The van der Waals surface area contributed by atoms with E-state index in [-0.39, 0.29) is 5.91 Å². The lowest BCUT2D eigenvalue weighted by atomic mass is 9.93. The Kier molecular flexibility index (Phi) is 6.66. The summed E-state index contributed by atoms with van der Waals surface area (Å²) in [6.45, 7) is 3.77. The molecule has 2 heterocycles. The fraction of sp³-hybridized carbons (Fsp3) is 0.526. The molecule has 0 radical (unpaired) electrons. The van der Waals surface area contributed by atoms with Gasteiger partial charge in [0, 0.05) is 31.7 Å². The van der Waals surface area contributed by atoms with Crippen molar-refractivity contribution in [1.29, 1.82) is 0 Å². The number of hydrogen-bond acceptors (Lipinski definition) is 4. The Labute approximate surface area is 161 Å². The van der Waals surface area contributed by atoms with E-state index in [1.165, 1.54) is 12.1 Å². The number of benzene rings is 1. The first-order chi connectivity index (χ1) is 13.4. The van der Waals surface area contributed by atoms with E-state index in [2.05, 4.69) is 20.4 Å². The number of alkyl halides is 3. The highest BCUT2D eigenvalue weighted by Gasteiger charge is 2.30. The van der Waals surface area contributed by atoms with Gasteiger partial charge in [-0.1, -0.05) is 0 Å². The van der Waals surface area contributed by atoms with Crippen molar-refractivity contribution < 1.29 is 18.0 Å². The normalized spacial score (nSPS) is 18.2. The molecule has 28 heavy (non-hydrogen) atoms. The van der Waals surface area contributed by atoms with E-state index in [4.69, 9.17) is 0 Å². The summed E-state index contributed by atoms with van der Waals surface area (Å²) in [6.07, 6.45) is 2.37. The van der Waals surface area contributed by atoms with Gasteiger partial charge >= 0.3 is 6.18 Å². The minimum Gasteiger partial charge on any atom is -0.326 e. The van der Waals surface area contributed by atoms with Gasteiger partial charge in [0.05, 0.1) is 5.56 Å². The summed E-state index contributed by atoms with van der Waals surface area (Å²) in [5, 5.41) is 10.3. The Morgan fingerprint density at radius 3 is 2.54 bits per heavy atom. The molecule has 0 spiro atoms. The first kappa shape index (κ1) is 20.3. The van der Waals surface area contributed by atoms with E-state index in [1.54, 1.807) is 12.7 Å². The van der Waals surface area contributed by atoms with Crippen LogP contribution in [0.3, 0.4) is 0 Å². The number of piperidine rings is 1. The Bertz CT molecular complexity index is 746. The number of carbonyl (C=O) groups is 1. The highest BCUT2D eigenvalue weighted by atomic mass is 19.4. The zero-order valence-electron chi connectivity index (χ0n) is 15.5. The van der Waals surface area contributed by atoms with Crippen molar-refractivity contribution in [2.45, 2.75) is 38.4 Å². The van der Waals surface area contributed by atoms with Crippen LogP contribution in [0.4, 0.5) is 18.9 Å². The van der Waals surface area contributed by atoms with Crippen LogP contribution in [-0.2, 0) is 17.5 Å². The summed E-state index contributed by atoms with van der Waals surface area (Å²) in [7, 11) is 0. The van der Waals surface area contributed by atoms with E-state index in [0.29, 0.717) is 18.0 Å². The molecule has 1 saturated heterocycles. The van der Waals surface area contributed by atoms with Gasteiger partial charge < -0.3 is 14.8 Å². The van der Waals surface area contributed by atoms with Gasteiger partial charge in [-0.3, -0.25) is 4.79 Å². The largest absolute Gasteiger partial charge is 0.416 e. The van der Waals surface area contributed by atoms with E-state index < -0.39 is 11.7 Å². The summed E-state index contributed by atoms with van der Waals surface area (Å²) in [5.41, 5.74) is -0.337. The maximum Gasteiger partial charge on any atom is 0.416 e. The number of likely N-dealkylation sites (tertiary alicyclic amines) is 1. The van der Waals surface area contributed by atoms with Crippen LogP contribution in [0.15, 0.2) is 36.9 Å². The third-order valence-corrected chi connectivity index (χ3v) is 5.02. The SMILES string of the molecule is O=C(CCC1CCCN(CCn2cnnc2)C1)Nc1ccc(C(F)(F)F)cc1. The number of nitrogens with one attached hydrogen (secondary N) is 1. The van der Waals surface area contributed by atoms with Crippen LogP contribution in [0.2, 0.25) is 0 Å². The fourth-order valence-electron chi connectivity index (χ4n) is 3.49. The molecule has 2 aromatic rings. The number of amides is 1. The molecule has 1 amide bonds. The number of hydrogen-bond donors (Lipinski definition) is 1. The second kappa shape index (κ2) is 9.18. The number of halogens is 3. The average molecular weight is 395 g/mol. The van der Waals surface area contributed by atoms with Crippen molar-refractivity contribution in [3.05, 3.63) is 42.5 Å². The van der Waals surface area contributed by atoms with E-state index in [9.17, 15) is 18.0 Å². The van der Waals surface area contributed by atoms with E-state index >= 15 is 0 Å². The molecule has 1 aliphatic rings. The predicted octanol–water partition coefficient (Wildman–Crippen LogP) is 3.43. The molecule has 0 saturated carbocycles. The second-order valence-corrected chi connectivity index (χ2v) is 7.17.